The van der Waals surface area contributed by atoms with Crippen molar-refractivity contribution < 1.29 is 9.53 Å². The fraction of sp³-hybridized carbons (Fsp3) is 0.474. The molecule has 1 atom stereocenters. The third kappa shape index (κ3) is 4.15. The van der Waals surface area contributed by atoms with Crippen LogP contribution in [0.25, 0.3) is 0 Å². The van der Waals surface area contributed by atoms with E-state index in [1.165, 1.54) is 12.0 Å². The Kier molecular flexibility index (Phi) is 5.86. The smallest absolute Gasteiger partial charge is 0.223 e. The van der Waals surface area contributed by atoms with E-state index in [1.54, 1.807) is 11.3 Å². The van der Waals surface area contributed by atoms with Gasteiger partial charge >= 0.3 is 0 Å². The molecule has 2 heterocycles. The molecular weight excluding hydrogens is 320 g/mol. The summed E-state index contributed by atoms with van der Waals surface area (Å²) in [5.74, 6) is 1.12. The molecule has 4 nitrogen and oxygen atoms in total. The van der Waals surface area contributed by atoms with Crippen LogP contribution in [-0.4, -0.2) is 28.9 Å². The second-order valence-electron chi connectivity index (χ2n) is 6.05. The molecule has 0 unspecified atom stereocenters. The van der Waals surface area contributed by atoms with Crippen LogP contribution in [0.2, 0.25) is 0 Å². The highest BCUT2D eigenvalue weighted by Gasteiger charge is 2.29. The van der Waals surface area contributed by atoms with Crippen LogP contribution >= 0.6 is 11.3 Å². The number of aryl methyl sites for hydroxylation is 1. The zero-order chi connectivity index (χ0) is 16.8. The predicted octanol–water partition coefficient (Wildman–Crippen LogP) is 4.23. The molecular formula is C19H24N2O2S. The molecule has 2 aromatic rings. The molecule has 5 heteroatoms. The Balaban J connectivity index is 1.59. The van der Waals surface area contributed by atoms with E-state index in [1.807, 2.05) is 47.7 Å². The molecule has 1 aromatic heterocycles. The Bertz CT molecular complexity index is 640. The van der Waals surface area contributed by atoms with Gasteiger partial charge < -0.3 is 9.64 Å². The van der Waals surface area contributed by atoms with Gasteiger partial charge in [-0.25, -0.2) is 4.98 Å². The van der Waals surface area contributed by atoms with Gasteiger partial charge in [-0.15, -0.1) is 11.3 Å². The SMILES string of the molecule is CCOc1ccc(CCC(=O)N2CCCC[C@H]2c2nccs2)cc1. The van der Waals surface area contributed by atoms with Crippen molar-refractivity contribution in [3.63, 3.8) is 0 Å². The molecule has 0 saturated carbocycles. The number of rotatable bonds is 6. The number of hydrogen-bond acceptors (Lipinski definition) is 4. The van der Waals surface area contributed by atoms with Crippen LogP contribution in [0.3, 0.4) is 0 Å². The lowest BCUT2D eigenvalue weighted by molar-refractivity contribution is -0.135. The van der Waals surface area contributed by atoms with Crippen molar-refractivity contribution in [3.8, 4) is 5.75 Å². The summed E-state index contributed by atoms with van der Waals surface area (Å²) in [6, 6.07) is 8.22. The summed E-state index contributed by atoms with van der Waals surface area (Å²) >= 11 is 1.65. The Labute approximate surface area is 147 Å². The van der Waals surface area contributed by atoms with Gasteiger partial charge in [0, 0.05) is 24.5 Å². The molecule has 1 aliphatic rings. The van der Waals surface area contributed by atoms with Crippen LogP contribution in [0.15, 0.2) is 35.8 Å². The number of carbonyl (C=O) groups is 1. The lowest BCUT2D eigenvalue weighted by atomic mass is 10.0. The van der Waals surface area contributed by atoms with Gasteiger partial charge in [-0.2, -0.15) is 0 Å². The van der Waals surface area contributed by atoms with E-state index in [-0.39, 0.29) is 11.9 Å². The normalized spacial score (nSPS) is 17.7. The van der Waals surface area contributed by atoms with E-state index in [2.05, 4.69) is 4.98 Å². The maximum atomic E-state index is 12.7. The summed E-state index contributed by atoms with van der Waals surface area (Å²) in [5, 5.41) is 3.07. The van der Waals surface area contributed by atoms with Gasteiger partial charge in [0.25, 0.3) is 0 Å². The highest BCUT2D eigenvalue weighted by Crippen LogP contribution is 2.32. The number of aromatic nitrogens is 1. The number of amides is 1. The highest BCUT2D eigenvalue weighted by atomic mass is 32.1. The number of hydrogen-bond donors (Lipinski definition) is 0. The van der Waals surface area contributed by atoms with Crippen molar-refractivity contribution in [2.24, 2.45) is 0 Å². The number of nitrogens with zero attached hydrogens (tertiary/aromatic N) is 2. The molecule has 3 rings (SSSR count). The molecule has 1 fully saturated rings. The van der Waals surface area contributed by atoms with E-state index >= 15 is 0 Å². The Morgan fingerprint density at radius 2 is 2.17 bits per heavy atom. The number of thiazole rings is 1. The van der Waals surface area contributed by atoms with Crippen LogP contribution in [0.4, 0.5) is 0 Å². The van der Waals surface area contributed by atoms with Gasteiger partial charge in [0.05, 0.1) is 12.6 Å². The average molecular weight is 344 g/mol. The summed E-state index contributed by atoms with van der Waals surface area (Å²) in [6.45, 7) is 3.50. The minimum absolute atomic E-state index is 0.173. The molecule has 128 valence electrons. The monoisotopic (exact) mass is 344 g/mol. The number of likely N-dealkylation sites (tertiary alicyclic amines) is 1. The Hall–Kier alpha value is -1.88. The molecule has 1 saturated heterocycles. The zero-order valence-electron chi connectivity index (χ0n) is 14.1. The van der Waals surface area contributed by atoms with Gasteiger partial charge in [0.1, 0.15) is 10.8 Å². The van der Waals surface area contributed by atoms with Crippen molar-refractivity contribution in [3.05, 3.63) is 46.4 Å². The summed E-state index contributed by atoms with van der Waals surface area (Å²) in [4.78, 5) is 19.2. The van der Waals surface area contributed by atoms with Gasteiger partial charge in [-0.05, 0) is 50.3 Å². The minimum atomic E-state index is 0.173. The highest BCUT2D eigenvalue weighted by molar-refractivity contribution is 7.09. The van der Waals surface area contributed by atoms with Crippen molar-refractivity contribution in [1.82, 2.24) is 9.88 Å². The molecule has 24 heavy (non-hydrogen) atoms. The van der Waals surface area contributed by atoms with E-state index in [0.717, 1.165) is 36.6 Å². The number of piperidine rings is 1. The van der Waals surface area contributed by atoms with Crippen molar-refractivity contribution in [1.29, 1.82) is 0 Å². The molecule has 1 aliphatic heterocycles. The Morgan fingerprint density at radius 1 is 1.33 bits per heavy atom. The van der Waals surface area contributed by atoms with Crippen LogP contribution in [0.1, 0.15) is 49.2 Å². The molecule has 0 aliphatic carbocycles. The topological polar surface area (TPSA) is 42.4 Å². The fourth-order valence-electron chi connectivity index (χ4n) is 3.20. The first-order valence-corrected chi connectivity index (χ1v) is 9.56. The van der Waals surface area contributed by atoms with Gasteiger partial charge in [0.2, 0.25) is 5.91 Å². The van der Waals surface area contributed by atoms with E-state index < -0.39 is 0 Å². The molecule has 0 bridgehead atoms. The molecule has 0 radical (unpaired) electrons. The third-order valence-electron chi connectivity index (χ3n) is 4.42. The van der Waals surface area contributed by atoms with E-state index in [4.69, 9.17) is 4.74 Å². The van der Waals surface area contributed by atoms with Crippen molar-refractivity contribution in [2.45, 2.75) is 45.1 Å². The molecule has 1 aromatic carbocycles. The average Bonchev–Trinajstić information content (AvgIpc) is 3.16. The van der Waals surface area contributed by atoms with Crippen LogP contribution in [0.5, 0.6) is 5.75 Å². The van der Waals surface area contributed by atoms with Crippen molar-refractivity contribution >= 4 is 17.2 Å². The minimum Gasteiger partial charge on any atom is -0.494 e. The maximum absolute atomic E-state index is 12.7. The maximum Gasteiger partial charge on any atom is 0.223 e. The quantitative estimate of drug-likeness (QED) is 0.787. The summed E-state index contributed by atoms with van der Waals surface area (Å²) in [7, 11) is 0. The summed E-state index contributed by atoms with van der Waals surface area (Å²) in [6.07, 6.45) is 6.45. The van der Waals surface area contributed by atoms with Crippen molar-refractivity contribution in [2.75, 3.05) is 13.2 Å². The van der Waals surface area contributed by atoms with Crippen LogP contribution in [0, 0.1) is 0 Å². The lowest BCUT2D eigenvalue weighted by Crippen LogP contribution is -2.38. The molecule has 0 spiro atoms. The standard InChI is InChI=1S/C19H24N2O2S/c1-2-23-16-9-6-15(7-10-16)8-11-18(22)21-13-4-3-5-17(21)19-20-12-14-24-19/h6-7,9-10,12,14,17H,2-5,8,11,13H2,1H3/t17-/m0/s1. The lowest BCUT2D eigenvalue weighted by Gasteiger charge is -2.34. The molecule has 1 amide bonds. The van der Waals surface area contributed by atoms with E-state index in [0.29, 0.717) is 13.0 Å². The van der Waals surface area contributed by atoms with Gasteiger partial charge in [-0.1, -0.05) is 12.1 Å². The Morgan fingerprint density at radius 3 is 2.88 bits per heavy atom. The number of ether oxygens (including phenoxy) is 1. The number of carbonyl (C=O) groups excluding carboxylic acids is 1. The summed E-state index contributed by atoms with van der Waals surface area (Å²) < 4.78 is 5.46. The van der Waals surface area contributed by atoms with E-state index in [9.17, 15) is 4.79 Å². The second-order valence-corrected chi connectivity index (χ2v) is 6.97. The largest absolute Gasteiger partial charge is 0.494 e. The summed E-state index contributed by atoms with van der Waals surface area (Å²) in [5.41, 5.74) is 1.18. The first-order chi connectivity index (χ1) is 11.8. The van der Waals surface area contributed by atoms with Crippen LogP contribution < -0.4 is 4.74 Å². The predicted molar refractivity (Wildman–Crippen MR) is 96.4 cm³/mol. The van der Waals surface area contributed by atoms with Gasteiger partial charge in [0.15, 0.2) is 0 Å². The zero-order valence-corrected chi connectivity index (χ0v) is 14.9. The fourth-order valence-corrected chi connectivity index (χ4v) is 3.98. The second kappa shape index (κ2) is 8.29. The third-order valence-corrected chi connectivity index (χ3v) is 5.30. The number of benzene rings is 1. The first kappa shape index (κ1) is 17.0. The molecule has 0 N–H and O–H groups in total. The van der Waals surface area contributed by atoms with Crippen LogP contribution in [-0.2, 0) is 11.2 Å². The first-order valence-electron chi connectivity index (χ1n) is 8.68. The van der Waals surface area contributed by atoms with Gasteiger partial charge in [-0.3, -0.25) is 4.79 Å².